The fraction of sp³-hybridized carbons (Fsp3) is 0.0625. The average molecular weight is 363 g/mol. The van der Waals surface area contributed by atoms with Crippen molar-refractivity contribution in [3.05, 3.63) is 57.8 Å². The third-order valence-electron chi connectivity index (χ3n) is 3.27. The van der Waals surface area contributed by atoms with E-state index in [1.54, 1.807) is 6.20 Å². The van der Waals surface area contributed by atoms with Crippen molar-refractivity contribution in [3.8, 4) is 0 Å². The van der Waals surface area contributed by atoms with Crippen LogP contribution in [0.1, 0.15) is 5.69 Å². The molecule has 3 aromatic rings. The summed E-state index contributed by atoms with van der Waals surface area (Å²) in [5.41, 5.74) is 9.47. The minimum atomic E-state index is 0.653. The monoisotopic (exact) mass is 361 g/mol. The number of nitrogens with zero attached hydrogens (tertiary/aromatic N) is 1. The van der Waals surface area contributed by atoms with Gasteiger partial charge in [0.2, 0.25) is 0 Å². The van der Waals surface area contributed by atoms with Crippen LogP contribution in [0.2, 0.25) is 5.02 Å². The Bertz CT molecular complexity index is 833. The van der Waals surface area contributed by atoms with Gasteiger partial charge in [0.15, 0.2) is 0 Å². The fourth-order valence-corrected chi connectivity index (χ4v) is 2.93. The lowest BCUT2D eigenvalue weighted by Gasteiger charge is -2.13. The van der Waals surface area contributed by atoms with Crippen LogP contribution in [-0.4, -0.2) is 4.98 Å². The second-order valence-electron chi connectivity index (χ2n) is 4.82. The molecule has 0 aliphatic carbocycles. The first kappa shape index (κ1) is 14.2. The van der Waals surface area contributed by atoms with E-state index in [4.69, 9.17) is 17.3 Å². The maximum atomic E-state index is 6.26. The Kier molecular flexibility index (Phi) is 3.74. The second-order valence-corrected chi connectivity index (χ2v) is 6.15. The summed E-state index contributed by atoms with van der Waals surface area (Å²) in [4.78, 5) is 4.31. The van der Waals surface area contributed by atoms with Crippen LogP contribution < -0.4 is 11.1 Å². The zero-order valence-electron chi connectivity index (χ0n) is 11.3. The van der Waals surface area contributed by atoms with Gasteiger partial charge in [-0.25, -0.2) is 0 Å². The van der Waals surface area contributed by atoms with Crippen molar-refractivity contribution in [2.24, 2.45) is 0 Å². The molecule has 0 unspecified atom stereocenters. The molecule has 0 bridgehead atoms. The van der Waals surface area contributed by atoms with Gasteiger partial charge < -0.3 is 11.1 Å². The molecule has 0 radical (unpaired) electrons. The smallest absolute Gasteiger partial charge is 0.0652 e. The lowest BCUT2D eigenvalue weighted by Crippen LogP contribution is -1.96. The molecule has 106 valence electrons. The Balaban J connectivity index is 2.12. The first-order chi connectivity index (χ1) is 10.0. The van der Waals surface area contributed by atoms with Gasteiger partial charge in [0.05, 0.1) is 10.7 Å². The number of nitrogen functional groups attached to an aromatic ring is 1. The zero-order chi connectivity index (χ0) is 15.0. The highest BCUT2D eigenvalue weighted by molar-refractivity contribution is 9.10. The molecule has 0 aliphatic heterocycles. The van der Waals surface area contributed by atoms with Crippen molar-refractivity contribution in [2.45, 2.75) is 6.92 Å². The number of halogens is 2. The SMILES string of the molecule is Cc1cc2c(Nc3ccc(Br)cc3Cl)ccc(N)c2cn1. The van der Waals surface area contributed by atoms with Crippen LogP contribution in [0.4, 0.5) is 17.1 Å². The van der Waals surface area contributed by atoms with Crippen LogP contribution in [0.15, 0.2) is 47.1 Å². The summed E-state index contributed by atoms with van der Waals surface area (Å²) < 4.78 is 0.945. The Hall–Kier alpha value is -1.78. The minimum absolute atomic E-state index is 0.653. The summed E-state index contributed by atoms with van der Waals surface area (Å²) in [5, 5.41) is 5.97. The van der Waals surface area contributed by atoms with Crippen LogP contribution in [-0.2, 0) is 0 Å². The van der Waals surface area contributed by atoms with Gasteiger partial charge in [-0.2, -0.15) is 0 Å². The fourth-order valence-electron chi connectivity index (χ4n) is 2.21. The molecule has 0 atom stereocenters. The summed E-state index contributed by atoms with van der Waals surface area (Å²) in [7, 11) is 0. The number of pyridine rings is 1. The van der Waals surface area contributed by atoms with Gasteiger partial charge in [-0.3, -0.25) is 4.98 Å². The summed E-state index contributed by atoms with van der Waals surface area (Å²) in [5.74, 6) is 0. The maximum Gasteiger partial charge on any atom is 0.0652 e. The average Bonchev–Trinajstić information content (AvgIpc) is 2.44. The van der Waals surface area contributed by atoms with Crippen molar-refractivity contribution in [2.75, 3.05) is 11.1 Å². The molecule has 3 N–H and O–H groups in total. The molecule has 0 saturated carbocycles. The number of hydrogen-bond acceptors (Lipinski definition) is 3. The Morgan fingerprint density at radius 3 is 2.62 bits per heavy atom. The Morgan fingerprint density at radius 1 is 1.10 bits per heavy atom. The van der Waals surface area contributed by atoms with Crippen LogP contribution in [0, 0.1) is 6.92 Å². The van der Waals surface area contributed by atoms with E-state index in [-0.39, 0.29) is 0 Å². The quantitative estimate of drug-likeness (QED) is 0.609. The van der Waals surface area contributed by atoms with E-state index in [1.807, 2.05) is 43.3 Å². The lowest BCUT2D eigenvalue weighted by molar-refractivity contribution is 1.22. The maximum absolute atomic E-state index is 6.26. The first-order valence-corrected chi connectivity index (χ1v) is 7.58. The minimum Gasteiger partial charge on any atom is -0.398 e. The van der Waals surface area contributed by atoms with E-state index < -0.39 is 0 Å². The number of nitrogens with one attached hydrogen (secondary N) is 1. The third-order valence-corrected chi connectivity index (χ3v) is 4.08. The normalized spacial score (nSPS) is 10.8. The van der Waals surface area contributed by atoms with E-state index in [0.29, 0.717) is 10.7 Å². The molecular formula is C16H13BrClN3. The van der Waals surface area contributed by atoms with E-state index >= 15 is 0 Å². The summed E-state index contributed by atoms with van der Waals surface area (Å²) >= 11 is 9.67. The number of fused-ring (bicyclic) bond motifs is 1. The van der Waals surface area contributed by atoms with E-state index in [1.165, 1.54) is 0 Å². The van der Waals surface area contributed by atoms with E-state index in [0.717, 1.165) is 32.3 Å². The number of aromatic nitrogens is 1. The highest BCUT2D eigenvalue weighted by Crippen LogP contribution is 2.33. The highest BCUT2D eigenvalue weighted by Gasteiger charge is 2.07. The number of benzene rings is 2. The number of anilines is 3. The molecule has 2 aromatic carbocycles. The van der Waals surface area contributed by atoms with Gasteiger partial charge in [-0.15, -0.1) is 0 Å². The Labute approximate surface area is 136 Å². The topological polar surface area (TPSA) is 50.9 Å². The molecule has 0 aliphatic rings. The highest BCUT2D eigenvalue weighted by atomic mass is 79.9. The van der Waals surface area contributed by atoms with Gasteiger partial charge in [0.1, 0.15) is 0 Å². The van der Waals surface area contributed by atoms with E-state index in [9.17, 15) is 0 Å². The van der Waals surface area contributed by atoms with Gasteiger partial charge in [0.25, 0.3) is 0 Å². The van der Waals surface area contributed by atoms with Gasteiger partial charge >= 0.3 is 0 Å². The molecule has 3 nitrogen and oxygen atoms in total. The predicted molar refractivity (Wildman–Crippen MR) is 93.3 cm³/mol. The summed E-state index contributed by atoms with van der Waals surface area (Å²) in [6, 6.07) is 11.6. The molecule has 1 heterocycles. The van der Waals surface area contributed by atoms with Crippen LogP contribution in [0.3, 0.4) is 0 Å². The van der Waals surface area contributed by atoms with Crippen LogP contribution >= 0.6 is 27.5 Å². The predicted octanol–water partition coefficient (Wildman–Crippen LogP) is 5.28. The first-order valence-electron chi connectivity index (χ1n) is 6.41. The summed E-state index contributed by atoms with van der Waals surface area (Å²) in [6.07, 6.45) is 1.80. The number of hydrogen-bond donors (Lipinski definition) is 2. The third kappa shape index (κ3) is 2.82. The van der Waals surface area contributed by atoms with Crippen molar-refractivity contribution in [1.82, 2.24) is 4.98 Å². The summed E-state index contributed by atoms with van der Waals surface area (Å²) in [6.45, 7) is 1.96. The molecule has 0 amide bonds. The molecular weight excluding hydrogens is 350 g/mol. The Morgan fingerprint density at radius 2 is 1.86 bits per heavy atom. The molecule has 3 rings (SSSR count). The number of rotatable bonds is 2. The van der Waals surface area contributed by atoms with Crippen molar-refractivity contribution < 1.29 is 0 Å². The molecule has 0 saturated heterocycles. The van der Waals surface area contributed by atoms with Gasteiger partial charge in [-0.05, 0) is 43.3 Å². The van der Waals surface area contributed by atoms with Crippen molar-refractivity contribution in [1.29, 1.82) is 0 Å². The molecule has 5 heteroatoms. The molecule has 21 heavy (non-hydrogen) atoms. The lowest BCUT2D eigenvalue weighted by atomic mass is 10.1. The van der Waals surface area contributed by atoms with Gasteiger partial charge in [0, 0.05) is 38.5 Å². The molecule has 0 fully saturated rings. The largest absolute Gasteiger partial charge is 0.398 e. The van der Waals surface area contributed by atoms with E-state index in [2.05, 4.69) is 26.2 Å². The number of aryl methyl sites for hydroxylation is 1. The number of nitrogens with two attached hydrogens (primary N) is 1. The van der Waals surface area contributed by atoms with Gasteiger partial charge in [-0.1, -0.05) is 27.5 Å². The standard InChI is InChI=1S/C16H13BrClN3/c1-9-6-11-12(8-20-9)14(19)3-5-15(11)21-16-4-2-10(17)7-13(16)18/h2-8,21H,19H2,1H3. The van der Waals surface area contributed by atoms with Crippen LogP contribution in [0.25, 0.3) is 10.8 Å². The van der Waals surface area contributed by atoms with Crippen LogP contribution in [0.5, 0.6) is 0 Å². The second kappa shape index (κ2) is 5.54. The molecule has 1 aromatic heterocycles. The van der Waals surface area contributed by atoms with Crippen molar-refractivity contribution in [3.63, 3.8) is 0 Å². The van der Waals surface area contributed by atoms with Crippen molar-refractivity contribution >= 4 is 55.4 Å². The molecule has 0 spiro atoms. The zero-order valence-corrected chi connectivity index (χ0v) is 13.7.